The molecule has 11 heteroatoms. The first-order chi connectivity index (χ1) is 17.3. The van der Waals surface area contributed by atoms with Gasteiger partial charge in [0.15, 0.2) is 11.5 Å². The van der Waals surface area contributed by atoms with E-state index in [2.05, 4.69) is 5.32 Å². The Labute approximate surface area is 209 Å². The summed E-state index contributed by atoms with van der Waals surface area (Å²) in [5, 5.41) is 13.6. The van der Waals surface area contributed by atoms with E-state index in [0.29, 0.717) is 11.1 Å². The van der Waals surface area contributed by atoms with Gasteiger partial charge in [-0.05, 0) is 35.4 Å². The number of non-ortho nitro benzene ring substituents is 1. The highest BCUT2D eigenvalue weighted by molar-refractivity contribution is 6.32. The molecule has 1 heterocycles. The lowest BCUT2D eigenvalue weighted by Gasteiger charge is -2.14. The van der Waals surface area contributed by atoms with Crippen LogP contribution in [-0.2, 0) is 17.9 Å². The zero-order valence-corrected chi connectivity index (χ0v) is 19.6. The van der Waals surface area contributed by atoms with Gasteiger partial charge in [0.2, 0.25) is 0 Å². The minimum atomic E-state index is -0.676. The summed E-state index contributed by atoms with van der Waals surface area (Å²) < 4.78 is 25.1. The zero-order valence-electron chi connectivity index (χ0n) is 18.9. The molecule has 184 valence electrons. The van der Waals surface area contributed by atoms with Crippen LogP contribution in [0.2, 0.25) is 5.02 Å². The number of nitrogens with one attached hydrogen (secondary N) is 1. The number of imide groups is 1. The number of hydrogen-bond donors (Lipinski definition) is 1. The number of rotatable bonds is 8. The molecule has 0 aliphatic carbocycles. The van der Waals surface area contributed by atoms with Crippen LogP contribution in [0.15, 0.2) is 66.4 Å². The summed E-state index contributed by atoms with van der Waals surface area (Å²) in [5.74, 6) is -0.687. The first-order valence-electron chi connectivity index (χ1n) is 10.6. The van der Waals surface area contributed by atoms with Gasteiger partial charge in [-0.3, -0.25) is 19.8 Å². The van der Waals surface area contributed by atoms with Crippen LogP contribution in [0.25, 0.3) is 6.08 Å². The topological polar surface area (TPSA) is 111 Å². The van der Waals surface area contributed by atoms with Crippen molar-refractivity contribution in [3.63, 3.8) is 0 Å². The van der Waals surface area contributed by atoms with Crippen molar-refractivity contribution in [3.8, 4) is 11.5 Å². The Morgan fingerprint density at radius 1 is 1.14 bits per heavy atom. The summed E-state index contributed by atoms with van der Waals surface area (Å²) in [6.07, 6.45) is 1.42. The van der Waals surface area contributed by atoms with Crippen molar-refractivity contribution in [2.75, 3.05) is 7.11 Å². The minimum absolute atomic E-state index is 0.00224. The second-order valence-electron chi connectivity index (χ2n) is 7.72. The van der Waals surface area contributed by atoms with E-state index in [-0.39, 0.29) is 46.6 Å². The van der Waals surface area contributed by atoms with E-state index in [1.807, 2.05) is 0 Å². The molecule has 1 aliphatic heterocycles. The number of nitro groups is 1. The number of halogens is 2. The van der Waals surface area contributed by atoms with E-state index >= 15 is 0 Å². The largest absolute Gasteiger partial charge is 0.493 e. The number of nitro benzene ring substituents is 1. The summed E-state index contributed by atoms with van der Waals surface area (Å²) >= 11 is 6.40. The van der Waals surface area contributed by atoms with Gasteiger partial charge in [0.25, 0.3) is 11.6 Å². The molecule has 0 atom stereocenters. The summed E-state index contributed by atoms with van der Waals surface area (Å²) in [5.41, 5.74) is 1.12. The number of nitrogens with zero attached hydrogens (tertiary/aromatic N) is 2. The van der Waals surface area contributed by atoms with Gasteiger partial charge in [0, 0.05) is 17.7 Å². The molecule has 3 aromatic carbocycles. The van der Waals surface area contributed by atoms with Crippen LogP contribution in [0.1, 0.15) is 16.7 Å². The number of urea groups is 1. The number of carbonyl (C=O) groups excluding carboxylic acids is 2. The van der Waals surface area contributed by atoms with E-state index in [1.54, 1.807) is 24.3 Å². The Morgan fingerprint density at radius 2 is 1.92 bits per heavy atom. The van der Waals surface area contributed by atoms with Gasteiger partial charge in [0.05, 0.1) is 23.6 Å². The second kappa shape index (κ2) is 10.4. The zero-order chi connectivity index (χ0) is 25.8. The van der Waals surface area contributed by atoms with Crippen LogP contribution >= 0.6 is 11.6 Å². The van der Waals surface area contributed by atoms with Crippen molar-refractivity contribution in [2.45, 2.75) is 13.2 Å². The highest BCUT2D eigenvalue weighted by Gasteiger charge is 2.34. The molecule has 3 amide bonds. The van der Waals surface area contributed by atoms with Crippen LogP contribution in [0.5, 0.6) is 11.5 Å². The van der Waals surface area contributed by atoms with Crippen molar-refractivity contribution in [2.24, 2.45) is 0 Å². The standard InChI is InChI=1S/C25H19ClFN3O6/c1-35-22-12-16(10-19(26)23(22)36-14-15-5-4-7-18(9-15)30(33)34)11-21-24(31)29(25(32)28-21)13-17-6-2-3-8-20(17)27/h2-12H,13-14H2,1H3,(H,28,32)/b21-11+. The molecule has 9 nitrogen and oxygen atoms in total. The van der Waals surface area contributed by atoms with Gasteiger partial charge >= 0.3 is 6.03 Å². The summed E-state index contributed by atoms with van der Waals surface area (Å²) in [7, 11) is 1.40. The maximum absolute atomic E-state index is 14.0. The molecule has 0 radical (unpaired) electrons. The Bertz CT molecular complexity index is 1390. The molecule has 1 saturated heterocycles. The fourth-order valence-electron chi connectivity index (χ4n) is 3.56. The first kappa shape index (κ1) is 24.7. The number of methoxy groups -OCH3 is 1. The quantitative estimate of drug-likeness (QED) is 0.196. The molecule has 4 rings (SSSR count). The van der Waals surface area contributed by atoms with E-state index in [9.17, 15) is 24.1 Å². The van der Waals surface area contributed by atoms with Crippen molar-refractivity contribution < 1.29 is 28.4 Å². The lowest BCUT2D eigenvalue weighted by atomic mass is 10.1. The van der Waals surface area contributed by atoms with E-state index in [4.69, 9.17) is 21.1 Å². The number of hydrogen-bond acceptors (Lipinski definition) is 6. The van der Waals surface area contributed by atoms with Gasteiger partial charge in [0.1, 0.15) is 18.1 Å². The van der Waals surface area contributed by atoms with Crippen molar-refractivity contribution in [3.05, 3.63) is 104 Å². The lowest BCUT2D eigenvalue weighted by molar-refractivity contribution is -0.384. The third kappa shape index (κ3) is 5.28. The van der Waals surface area contributed by atoms with Crippen molar-refractivity contribution in [1.82, 2.24) is 10.2 Å². The summed E-state index contributed by atoms with van der Waals surface area (Å²) in [6, 6.07) is 14.3. The highest BCUT2D eigenvalue weighted by Crippen LogP contribution is 2.38. The van der Waals surface area contributed by atoms with Crippen molar-refractivity contribution in [1.29, 1.82) is 0 Å². The molecular weight excluding hydrogens is 493 g/mol. The van der Waals surface area contributed by atoms with Gasteiger partial charge in [-0.2, -0.15) is 0 Å². The predicted molar refractivity (Wildman–Crippen MR) is 129 cm³/mol. The monoisotopic (exact) mass is 511 g/mol. The first-order valence-corrected chi connectivity index (χ1v) is 11.0. The molecule has 0 spiro atoms. The van der Waals surface area contributed by atoms with E-state index in [0.717, 1.165) is 4.90 Å². The Morgan fingerprint density at radius 3 is 2.64 bits per heavy atom. The highest BCUT2D eigenvalue weighted by atomic mass is 35.5. The summed E-state index contributed by atoms with van der Waals surface area (Å²) in [4.78, 5) is 36.5. The Kier molecular flexibility index (Phi) is 7.16. The Hall–Kier alpha value is -4.44. The molecule has 1 aliphatic rings. The lowest BCUT2D eigenvalue weighted by Crippen LogP contribution is -2.30. The molecule has 0 saturated carbocycles. The maximum atomic E-state index is 14.0. The van der Waals surface area contributed by atoms with E-state index in [1.165, 1.54) is 49.6 Å². The second-order valence-corrected chi connectivity index (χ2v) is 8.13. The van der Waals surface area contributed by atoms with Gasteiger partial charge < -0.3 is 14.8 Å². The van der Waals surface area contributed by atoms with Crippen molar-refractivity contribution >= 4 is 35.3 Å². The smallest absolute Gasteiger partial charge is 0.329 e. The molecule has 0 unspecified atom stereocenters. The van der Waals surface area contributed by atoms with Crippen LogP contribution in [0, 0.1) is 15.9 Å². The molecule has 3 aromatic rings. The number of benzene rings is 3. The third-order valence-electron chi connectivity index (χ3n) is 5.32. The maximum Gasteiger partial charge on any atom is 0.329 e. The number of amides is 3. The molecular formula is C25H19ClFN3O6. The fraction of sp³-hybridized carbons (Fsp3) is 0.120. The SMILES string of the molecule is COc1cc(/C=C2/NC(=O)N(Cc3ccccc3F)C2=O)cc(Cl)c1OCc1cccc([N+](=O)[O-])c1. The van der Waals surface area contributed by atoms with E-state index < -0.39 is 22.7 Å². The molecule has 36 heavy (non-hydrogen) atoms. The normalized spacial score (nSPS) is 14.2. The van der Waals surface area contributed by atoms with Crippen LogP contribution in [0.3, 0.4) is 0 Å². The van der Waals surface area contributed by atoms with Crippen LogP contribution in [-0.4, -0.2) is 28.9 Å². The molecule has 0 bridgehead atoms. The van der Waals surface area contributed by atoms with Crippen LogP contribution < -0.4 is 14.8 Å². The number of ether oxygens (including phenoxy) is 2. The summed E-state index contributed by atoms with van der Waals surface area (Å²) in [6.45, 7) is -0.221. The Balaban J connectivity index is 1.53. The fourth-order valence-corrected chi connectivity index (χ4v) is 3.83. The van der Waals surface area contributed by atoms with Gasteiger partial charge in [-0.15, -0.1) is 0 Å². The average molecular weight is 512 g/mol. The number of carbonyl (C=O) groups is 2. The predicted octanol–water partition coefficient (Wildman–Crippen LogP) is 5.07. The molecule has 0 aromatic heterocycles. The molecule has 1 N–H and O–H groups in total. The molecule has 1 fully saturated rings. The average Bonchev–Trinajstić information content (AvgIpc) is 3.11. The third-order valence-corrected chi connectivity index (χ3v) is 5.60. The van der Waals surface area contributed by atoms with Gasteiger partial charge in [-0.1, -0.05) is 41.9 Å². The van der Waals surface area contributed by atoms with Gasteiger partial charge in [-0.25, -0.2) is 9.18 Å². The van der Waals surface area contributed by atoms with Crippen LogP contribution in [0.4, 0.5) is 14.9 Å². The minimum Gasteiger partial charge on any atom is -0.493 e.